The number of hydrogen-bond acceptors (Lipinski definition) is 5. The lowest BCUT2D eigenvalue weighted by molar-refractivity contribution is 0.196. The number of nitrogens with one attached hydrogen (secondary N) is 1. The lowest BCUT2D eigenvalue weighted by atomic mass is 9.97. The Morgan fingerprint density at radius 3 is 2.93 bits per heavy atom. The maximum absolute atomic E-state index is 5.85. The van der Waals surface area contributed by atoms with Crippen LogP contribution >= 0.6 is 0 Å². The number of aryl methyl sites for hydroxylation is 1. The van der Waals surface area contributed by atoms with Crippen LogP contribution < -0.4 is 4.74 Å². The second-order valence-corrected chi connectivity index (χ2v) is 7.09. The third-order valence-corrected chi connectivity index (χ3v) is 5.04. The van der Waals surface area contributed by atoms with Crippen molar-refractivity contribution in [3.63, 3.8) is 0 Å². The summed E-state index contributed by atoms with van der Waals surface area (Å²) in [6.07, 6.45) is 10.6. The number of ether oxygens (including phenoxy) is 1. The molecule has 1 aromatic carbocycles. The van der Waals surface area contributed by atoms with Crippen molar-refractivity contribution in [1.82, 2.24) is 29.6 Å². The van der Waals surface area contributed by atoms with Crippen molar-refractivity contribution >= 4 is 0 Å². The Balaban J connectivity index is 1.22. The number of rotatable bonds is 8. The van der Waals surface area contributed by atoms with Gasteiger partial charge in [0.05, 0.1) is 12.9 Å². The summed E-state index contributed by atoms with van der Waals surface area (Å²) in [5.41, 5.74) is 1.32. The van der Waals surface area contributed by atoms with Gasteiger partial charge in [-0.15, -0.1) is 0 Å². The number of aromatic amines is 1. The fraction of sp³-hybridized carbons (Fsp3) is 0.450. The summed E-state index contributed by atoms with van der Waals surface area (Å²) in [7, 11) is 0. The first-order valence-corrected chi connectivity index (χ1v) is 9.62. The average molecular weight is 366 g/mol. The third kappa shape index (κ3) is 4.95. The van der Waals surface area contributed by atoms with Gasteiger partial charge >= 0.3 is 0 Å². The fourth-order valence-electron chi connectivity index (χ4n) is 3.64. The van der Waals surface area contributed by atoms with E-state index < -0.39 is 0 Å². The normalized spacial score (nSPS) is 17.9. The van der Waals surface area contributed by atoms with Crippen LogP contribution in [-0.4, -0.2) is 49.3 Å². The van der Waals surface area contributed by atoms with Gasteiger partial charge in [0.25, 0.3) is 0 Å². The van der Waals surface area contributed by atoms with E-state index in [0.717, 1.165) is 44.2 Å². The molecule has 1 N–H and O–H groups in total. The van der Waals surface area contributed by atoms with Crippen LogP contribution in [0.2, 0.25) is 0 Å². The van der Waals surface area contributed by atoms with Crippen LogP contribution in [0.5, 0.6) is 5.75 Å². The van der Waals surface area contributed by atoms with Gasteiger partial charge in [-0.1, -0.05) is 12.1 Å². The molecule has 1 aliphatic rings. The molecule has 1 atom stereocenters. The predicted octanol–water partition coefficient (Wildman–Crippen LogP) is 2.85. The monoisotopic (exact) mass is 366 g/mol. The number of piperidine rings is 1. The highest BCUT2D eigenvalue weighted by molar-refractivity contribution is 5.27. The zero-order chi connectivity index (χ0) is 18.3. The van der Waals surface area contributed by atoms with Crippen LogP contribution in [-0.2, 0) is 13.1 Å². The molecule has 7 heteroatoms. The number of likely N-dealkylation sites (tertiary alicyclic amines) is 1. The predicted molar refractivity (Wildman–Crippen MR) is 102 cm³/mol. The van der Waals surface area contributed by atoms with Gasteiger partial charge in [0, 0.05) is 37.9 Å². The second kappa shape index (κ2) is 8.81. The Kier molecular flexibility index (Phi) is 5.79. The first kappa shape index (κ1) is 17.7. The highest BCUT2D eigenvalue weighted by Gasteiger charge is 2.23. The molecular weight excluding hydrogens is 340 g/mol. The second-order valence-electron chi connectivity index (χ2n) is 7.09. The Bertz CT molecular complexity index is 785. The fourth-order valence-corrected chi connectivity index (χ4v) is 3.64. The van der Waals surface area contributed by atoms with Gasteiger partial charge in [0.2, 0.25) is 0 Å². The number of nitrogens with zero attached hydrogens (tertiary/aromatic N) is 5. The van der Waals surface area contributed by atoms with E-state index in [2.05, 4.69) is 53.9 Å². The Morgan fingerprint density at radius 2 is 2.15 bits per heavy atom. The van der Waals surface area contributed by atoms with Crippen LogP contribution in [0.1, 0.15) is 36.6 Å². The topological polar surface area (TPSA) is 71.9 Å². The van der Waals surface area contributed by atoms with Gasteiger partial charge < -0.3 is 9.30 Å². The van der Waals surface area contributed by atoms with Crippen LogP contribution in [0.3, 0.4) is 0 Å². The molecule has 0 radical (unpaired) electrons. The summed E-state index contributed by atoms with van der Waals surface area (Å²) in [5, 5.41) is 7.01. The minimum atomic E-state index is 0.458. The van der Waals surface area contributed by atoms with Gasteiger partial charge in [-0.25, -0.2) is 9.97 Å². The van der Waals surface area contributed by atoms with E-state index in [0.29, 0.717) is 12.5 Å². The zero-order valence-corrected chi connectivity index (χ0v) is 15.5. The molecule has 1 unspecified atom stereocenters. The molecule has 0 saturated carbocycles. The molecule has 0 aliphatic carbocycles. The van der Waals surface area contributed by atoms with Crippen LogP contribution in [0.4, 0.5) is 0 Å². The summed E-state index contributed by atoms with van der Waals surface area (Å²) >= 11 is 0. The van der Waals surface area contributed by atoms with Crippen molar-refractivity contribution in [3.05, 3.63) is 60.7 Å². The molecule has 27 heavy (non-hydrogen) atoms. The minimum Gasteiger partial charge on any atom is -0.494 e. The van der Waals surface area contributed by atoms with Crippen LogP contribution in [0, 0.1) is 0 Å². The van der Waals surface area contributed by atoms with Crippen molar-refractivity contribution in [3.8, 4) is 5.75 Å². The molecule has 142 valence electrons. The number of aromatic nitrogens is 5. The summed E-state index contributed by atoms with van der Waals surface area (Å²) < 4.78 is 7.92. The first-order valence-electron chi connectivity index (χ1n) is 9.62. The molecule has 0 spiro atoms. The molecule has 1 fully saturated rings. The van der Waals surface area contributed by atoms with Gasteiger partial charge in [-0.05, 0) is 43.5 Å². The smallest absolute Gasteiger partial charge is 0.137 e. The summed E-state index contributed by atoms with van der Waals surface area (Å²) in [6, 6.07) is 8.49. The molecule has 3 aromatic rings. The summed E-state index contributed by atoms with van der Waals surface area (Å²) in [6.45, 7) is 4.77. The van der Waals surface area contributed by atoms with Crippen molar-refractivity contribution in [2.45, 2.75) is 38.3 Å². The minimum absolute atomic E-state index is 0.458. The molecule has 4 rings (SSSR count). The van der Waals surface area contributed by atoms with E-state index in [1.54, 1.807) is 12.5 Å². The van der Waals surface area contributed by atoms with Crippen molar-refractivity contribution in [2.75, 3.05) is 19.7 Å². The van der Waals surface area contributed by atoms with E-state index in [4.69, 9.17) is 4.74 Å². The highest BCUT2D eigenvalue weighted by Crippen LogP contribution is 2.25. The molecule has 3 heterocycles. The number of benzene rings is 1. The molecule has 0 bridgehead atoms. The molecule has 7 nitrogen and oxygen atoms in total. The third-order valence-electron chi connectivity index (χ3n) is 5.04. The van der Waals surface area contributed by atoms with Crippen LogP contribution in [0.15, 0.2) is 49.3 Å². The SMILES string of the molecule is c1cn(CCCOc2ccc(CN3CCCC(c4ncn[nH]4)C3)cc2)cn1. The van der Waals surface area contributed by atoms with E-state index in [1.165, 1.54) is 18.4 Å². The van der Waals surface area contributed by atoms with Crippen molar-refractivity contribution < 1.29 is 4.74 Å². The molecule has 1 saturated heterocycles. The number of H-pyrrole nitrogens is 1. The van der Waals surface area contributed by atoms with E-state index in [-0.39, 0.29) is 0 Å². The maximum Gasteiger partial charge on any atom is 0.137 e. The highest BCUT2D eigenvalue weighted by atomic mass is 16.5. The first-order chi connectivity index (χ1) is 13.4. The lowest BCUT2D eigenvalue weighted by Crippen LogP contribution is -2.34. The quantitative estimate of drug-likeness (QED) is 0.621. The zero-order valence-electron chi connectivity index (χ0n) is 15.5. The molecule has 1 aliphatic heterocycles. The summed E-state index contributed by atoms with van der Waals surface area (Å²) in [4.78, 5) is 10.9. The van der Waals surface area contributed by atoms with Crippen molar-refractivity contribution in [1.29, 1.82) is 0 Å². The Labute approximate surface area is 159 Å². The number of imidazole rings is 1. The Morgan fingerprint density at radius 1 is 1.22 bits per heavy atom. The van der Waals surface area contributed by atoms with E-state index in [1.807, 2.05) is 12.5 Å². The average Bonchev–Trinajstić information content (AvgIpc) is 3.41. The van der Waals surface area contributed by atoms with Gasteiger partial charge in [-0.3, -0.25) is 10.00 Å². The largest absolute Gasteiger partial charge is 0.494 e. The Hall–Kier alpha value is -2.67. The molecular formula is C20H26N6O. The van der Waals surface area contributed by atoms with E-state index >= 15 is 0 Å². The molecule has 0 amide bonds. The van der Waals surface area contributed by atoms with Gasteiger partial charge in [-0.2, -0.15) is 5.10 Å². The van der Waals surface area contributed by atoms with Gasteiger partial charge in [0.1, 0.15) is 17.9 Å². The standard InChI is InChI=1S/C20H26N6O/c1-3-18(20-22-15-23-24-20)14-26(9-1)13-17-4-6-19(7-5-17)27-12-2-10-25-11-8-21-16-25/h4-8,11,15-16,18H,1-3,9-10,12-14H2,(H,22,23,24). The lowest BCUT2D eigenvalue weighted by Gasteiger charge is -2.31. The van der Waals surface area contributed by atoms with Gasteiger partial charge in [0.15, 0.2) is 0 Å². The van der Waals surface area contributed by atoms with E-state index in [9.17, 15) is 0 Å². The maximum atomic E-state index is 5.85. The van der Waals surface area contributed by atoms with Crippen LogP contribution in [0.25, 0.3) is 0 Å². The number of hydrogen-bond donors (Lipinski definition) is 1. The summed E-state index contributed by atoms with van der Waals surface area (Å²) in [5.74, 6) is 2.40. The van der Waals surface area contributed by atoms with Crippen molar-refractivity contribution in [2.24, 2.45) is 0 Å². The molecule has 2 aromatic heterocycles.